The van der Waals surface area contributed by atoms with Gasteiger partial charge in [-0.3, -0.25) is 9.79 Å². The van der Waals surface area contributed by atoms with Gasteiger partial charge in [-0.05, 0) is 13.3 Å². The summed E-state index contributed by atoms with van der Waals surface area (Å²) in [7, 11) is 0. The number of aliphatic imine (C=N–C) groups is 1. The number of nitrogens with one attached hydrogen (secondary N) is 1. The van der Waals surface area contributed by atoms with Crippen molar-refractivity contribution in [2.75, 3.05) is 39.3 Å². The molecule has 0 bridgehead atoms. The highest BCUT2D eigenvalue weighted by Gasteiger charge is 2.20. The quantitative estimate of drug-likeness (QED) is 0.403. The Kier molecular flexibility index (Phi) is 10.5. The summed E-state index contributed by atoms with van der Waals surface area (Å²) in [5, 5.41) is 3.39. The van der Waals surface area contributed by atoms with E-state index >= 15 is 0 Å². The van der Waals surface area contributed by atoms with Gasteiger partial charge in [-0.15, -0.1) is 0 Å². The van der Waals surface area contributed by atoms with Crippen LogP contribution in [0.3, 0.4) is 0 Å². The molecular weight excluding hydrogens is 288 g/mol. The van der Waals surface area contributed by atoms with E-state index in [4.69, 9.17) is 4.99 Å². The maximum Gasteiger partial charge on any atom is 0.219 e. The van der Waals surface area contributed by atoms with Gasteiger partial charge in [0.05, 0.1) is 0 Å². The lowest BCUT2D eigenvalue weighted by Crippen LogP contribution is -2.53. The van der Waals surface area contributed by atoms with Crippen molar-refractivity contribution >= 4 is 11.9 Å². The molecule has 1 N–H and O–H groups in total. The second kappa shape index (κ2) is 12.2. The minimum absolute atomic E-state index is 0.176. The second-order valence-corrected chi connectivity index (χ2v) is 6.35. The summed E-state index contributed by atoms with van der Waals surface area (Å²) >= 11 is 0. The molecule has 0 spiro atoms. The van der Waals surface area contributed by atoms with E-state index in [1.165, 1.54) is 44.9 Å². The van der Waals surface area contributed by atoms with Gasteiger partial charge in [0.2, 0.25) is 5.91 Å². The van der Waals surface area contributed by atoms with Crippen molar-refractivity contribution in [1.29, 1.82) is 0 Å². The van der Waals surface area contributed by atoms with Crippen LogP contribution in [0.4, 0.5) is 0 Å². The molecule has 0 radical (unpaired) electrons. The molecule has 0 aliphatic carbocycles. The van der Waals surface area contributed by atoms with Crippen molar-refractivity contribution in [2.45, 2.75) is 65.7 Å². The second-order valence-electron chi connectivity index (χ2n) is 6.35. The highest BCUT2D eigenvalue weighted by Crippen LogP contribution is 2.07. The average Bonchev–Trinajstić information content (AvgIpc) is 2.56. The number of rotatable bonds is 9. The summed E-state index contributed by atoms with van der Waals surface area (Å²) in [5.41, 5.74) is 0. The minimum atomic E-state index is 0.176. The molecule has 1 rings (SSSR count). The molecule has 1 heterocycles. The molecular formula is C18H36N4O. The first-order valence-electron chi connectivity index (χ1n) is 9.47. The van der Waals surface area contributed by atoms with Crippen LogP contribution in [0.2, 0.25) is 0 Å². The molecule has 1 fully saturated rings. The molecule has 5 heteroatoms. The molecule has 0 atom stereocenters. The van der Waals surface area contributed by atoms with E-state index in [9.17, 15) is 4.79 Å². The number of piperazine rings is 1. The molecule has 5 nitrogen and oxygen atoms in total. The third-order valence-electron chi connectivity index (χ3n) is 4.38. The first-order chi connectivity index (χ1) is 11.2. The van der Waals surface area contributed by atoms with Gasteiger partial charge in [-0.1, -0.05) is 45.4 Å². The standard InChI is InChI=1S/C18H36N4O/c1-4-6-7-8-9-10-11-12-20-18(19-5-2)22-15-13-21(14-16-22)17(3)23/h4-16H2,1-3H3,(H,19,20). The Hall–Kier alpha value is -1.26. The molecule has 0 unspecified atom stereocenters. The predicted octanol–water partition coefficient (Wildman–Crippen LogP) is 2.87. The van der Waals surface area contributed by atoms with Crippen molar-refractivity contribution in [3.8, 4) is 0 Å². The van der Waals surface area contributed by atoms with Crippen LogP contribution in [-0.4, -0.2) is 60.9 Å². The van der Waals surface area contributed by atoms with Crippen LogP contribution in [0.1, 0.15) is 65.7 Å². The molecule has 1 saturated heterocycles. The number of carbonyl (C=O) groups excluding carboxylic acids is 1. The van der Waals surface area contributed by atoms with E-state index < -0.39 is 0 Å². The van der Waals surface area contributed by atoms with Gasteiger partial charge < -0.3 is 15.1 Å². The Morgan fingerprint density at radius 1 is 0.913 bits per heavy atom. The Morgan fingerprint density at radius 3 is 2.04 bits per heavy atom. The fraction of sp³-hybridized carbons (Fsp3) is 0.889. The average molecular weight is 325 g/mol. The van der Waals surface area contributed by atoms with Gasteiger partial charge in [0, 0.05) is 46.2 Å². The van der Waals surface area contributed by atoms with Crippen molar-refractivity contribution in [3.05, 3.63) is 0 Å². The number of hydrogen-bond donors (Lipinski definition) is 1. The molecule has 134 valence electrons. The Labute approximate surface area is 142 Å². The maximum atomic E-state index is 11.4. The molecule has 0 aromatic carbocycles. The normalized spacial score (nSPS) is 15.9. The summed E-state index contributed by atoms with van der Waals surface area (Å²) in [4.78, 5) is 20.4. The topological polar surface area (TPSA) is 47.9 Å². The molecule has 0 saturated carbocycles. The van der Waals surface area contributed by atoms with E-state index in [-0.39, 0.29) is 5.91 Å². The first kappa shape index (κ1) is 19.8. The number of unbranched alkanes of at least 4 members (excludes halogenated alkanes) is 6. The van der Waals surface area contributed by atoms with Crippen molar-refractivity contribution in [3.63, 3.8) is 0 Å². The van der Waals surface area contributed by atoms with E-state index in [0.717, 1.165) is 45.2 Å². The van der Waals surface area contributed by atoms with Gasteiger partial charge in [-0.2, -0.15) is 0 Å². The Morgan fingerprint density at radius 2 is 1.48 bits per heavy atom. The number of nitrogens with zero attached hydrogens (tertiary/aromatic N) is 3. The van der Waals surface area contributed by atoms with E-state index in [2.05, 4.69) is 24.1 Å². The van der Waals surface area contributed by atoms with Crippen LogP contribution >= 0.6 is 0 Å². The highest BCUT2D eigenvalue weighted by atomic mass is 16.2. The largest absolute Gasteiger partial charge is 0.357 e. The molecule has 0 aromatic heterocycles. The third-order valence-corrected chi connectivity index (χ3v) is 4.38. The van der Waals surface area contributed by atoms with Crippen LogP contribution in [0, 0.1) is 0 Å². The Bertz CT molecular complexity index is 349. The van der Waals surface area contributed by atoms with E-state index in [1.807, 2.05) is 4.90 Å². The van der Waals surface area contributed by atoms with Crippen LogP contribution in [0.15, 0.2) is 4.99 Å². The third kappa shape index (κ3) is 8.24. The highest BCUT2D eigenvalue weighted by molar-refractivity contribution is 5.80. The van der Waals surface area contributed by atoms with Crippen LogP contribution in [-0.2, 0) is 4.79 Å². The fourth-order valence-electron chi connectivity index (χ4n) is 2.91. The van der Waals surface area contributed by atoms with Gasteiger partial charge in [-0.25, -0.2) is 0 Å². The van der Waals surface area contributed by atoms with Crippen molar-refractivity contribution < 1.29 is 4.79 Å². The predicted molar refractivity (Wildman–Crippen MR) is 97.8 cm³/mol. The SMILES string of the molecule is CCCCCCCCCN=C(NCC)N1CCN(C(C)=O)CC1. The zero-order valence-corrected chi connectivity index (χ0v) is 15.4. The lowest BCUT2D eigenvalue weighted by Gasteiger charge is -2.36. The zero-order valence-electron chi connectivity index (χ0n) is 15.4. The van der Waals surface area contributed by atoms with Crippen molar-refractivity contribution in [1.82, 2.24) is 15.1 Å². The monoisotopic (exact) mass is 324 g/mol. The summed E-state index contributed by atoms with van der Waals surface area (Å²) in [5.74, 6) is 1.19. The number of amides is 1. The number of hydrogen-bond acceptors (Lipinski definition) is 2. The molecule has 0 aromatic rings. The summed E-state index contributed by atoms with van der Waals surface area (Å²) in [6.07, 6.45) is 9.22. The number of guanidine groups is 1. The smallest absolute Gasteiger partial charge is 0.219 e. The van der Waals surface area contributed by atoms with Gasteiger partial charge in [0.15, 0.2) is 5.96 Å². The lowest BCUT2D eigenvalue weighted by atomic mass is 10.1. The molecule has 1 aliphatic rings. The summed E-state index contributed by atoms with van der Waals surface area (Å²) in [6, 6.07) is 0. The van der Waals surface area contributed by atoms with Crippen molar-refractivity contribution in [2.24, 2.45) is 4.99 Å². The van der Waals surface area contributed by atoms with Gasteiger partial charge in [0.25, 0.3) is 0 Å². The van der Waals surface area contributed by atoms with Crippen LogP contribution in [0.5, 0.6) is 0 Å². The van der Waals surface area contributed by atoms with Gasteiger partial charge in [0.1, 0.15) is 0 Å². The molecule has 23 heavy (non-hydrogen) atoms. The van der Waals surface area contributed by atoms with Crippen LogP contribution in [0.25, 0.3) is 0 Å². The maximum absolute atomic E-state index is 11.4. The molecule has 1 aliphatic heterocycles. The zero-order chi connectivity index (χ0) is 16.9. The van der Waals surface area contributed by atoms with Gasteiger partial charge >= 0.3 is 0 Å². The van der Waals surface area contributed by atoms with E-state index in [1.54, 1.807) is 6.92 Å². The molecule has 1 amide bonds. The first-order valence-corrected chi connectivity index (χ1v) is 9.47. The van der Waals surface area contributed by atoms with E-state index in [0.29, 0.717) is 0 Å². The lowest BCUT2D eigenvalue weighted by molar-refractivity contribution is -0.130. The summed E-state index contributed by atoms with van der Waals surface area (Å²) < 4.78 is 0. The van der Waals surface area contributed by atoms with Crippen LogP contribution < -0.4 is 5.32 Å². The minimum Gasteiger partial charge on any atom is -0.357 e. The Balaban J connectivity index is 2.27. The fourth-order valence-corrected chi connectivity index (χ4v) is 2.91. The summed E-state index contributed by atoms with van der Waals surface area (Å²) in [6.45, 7) is 11.2. The number of carbonyl (C=O) groups is 1.